The smallest absolute Gasteiger partial charge is 0.250 e. The van der Waals surface area contributed by atoms with Gasteiger partial charge in [-0.3, -0.25) is 0 Å². The van der Waals surface area contributed by atoms with Gasteiger partial charge in [0, 0.05) is 28.9 Å². The van der Waals surface area contributed by atoms with Gasteiger partial charge in [0.25, 0.3) is 0 Å². The Balaban J connectivity index is 1.27. The summed E-state index contributed by atoms with van der Waals surface area (Å²) in [5, 5.41) is 23.0. The molecule has 6 rings (SSSR count). The van der Waals surface area contributed by atoms with Crippen LogP contribution in [0.25, 0.3) is 22.5 Å². The quantitative estimate of drug-likeness (QED) is 0.505. The third-order valence-electron chi connectivity index (χ3n) is 8.07. The molecule has 0 radical (unpaired) electrons. The zero-order valence-electron chi connectivity index (χ0n) is 21.1. The van der Waals surface area contributed by atoms with Crippen LogP contribution in [0.5, 0.6) is 11.6 Å². The molecule has 1 aromatic carbocycles. The van der Waals surface area contributed by atoms with Gasteiger partial charge in [-0.05, 0) is 69.7 Å². The molecule has 3 aromatic rings. The lowest BCUT2D eigenvalue weighted by Crippen LogP contribution is -2.66. The van der Waals surface area contributed by atoms with Crippen molar-refractivity contribution in [2.75, 3.05) is 12.0 Å². The van der Waals surface area contributed by atoms with E-state index in [0.717, 1.165) is 25.7 Å². The first kappa shape index (κ1) is 24.0. The number of hydrogen-bond donors (Lipinski definition) is 2. The second-order valence-corrected chi connectivity index (χ2v) is 11.0. The van der Waals surface area contributed by atoms with E-state index in [2.05, 4.69) is 37.3 Å². The van der Waals surface area contributed by atoms with Crippen molar-refractivity contribution in [3.63, 3.8) is 0 Å². The number of aromatic nitrogens is 4. The van der Waals surface area contributed by atoms with Crippen molar-refractivity contribution in [2.24, 2.45) is 0 Å². The fourth-order valence-corrected chi connectivity index (χ4v) is 6.06. The summed E-state index contributed by atoms with van der Waals surface area (Å²) >= 11 is 0. The van der Waals surface area contributed by atoms with Crippen LogP contribution in [0.4, 0.5) is 14.6 Å². The van der Waals surface area contributed by atoms with E-state index < -0.39 is 17.5 Å². The Bertz CT molecular complexity index is 1340. The molecule has 3 fully saturated rings. The summed E-state index contributed by atoms with van der Waals surface area (Å²) < 4.78 is 34.8. The monoisotopic (exact) mass is 508 g/mol. The van der Waals surface area contributed by atoms with Gasteiger partial charge in [-0.2, -0.15) is 0 Å². The maximum absolute atomic E-state index is 15.8. The number of nitrogens with one attached hydrogen (secondary N) is 1. The van der Waals surface area contributed by atoms with Gasteiger partial charge in [0.1, 0.15) is 11.9 Å². The Morgan fingerprint density at radius 1 is 1.08 bits per heavy atom. The fraction of sp³-hybridized carbons (Fsp3) is 0.481. The van der Waals surface area contributed by atoms with Crippen molar-refractivity contribution >= 4 is 5.82 Å². The first-order chi connectivity index (χ1) is 17.7. The number of phenols is 1. The van der Waals surface area contributed by atoms with Crippen LogP contribution in [-0.4, -0.2) is 61.7 Å². The molecule has 2 aromatic heterocycles. The standard InChI is InChI=1S/C27H30F2N6O2/c1-26-8-9-27(2,34-26)23(29)20(12-26)35(17-5-6-17)22-14-30-24(33-32-22)18-7-4-15(11-21(18)36)16-10-19(28)25(37-3)31-13-16/h4,7,10-11,13-14,17,20,23,34,36H,5-6,8-9,12H2,1-3H3/t20-,23-,26-,27+/m0/s1. The van der Waals surface area contributed by atoms with Gasteiger partial charge in [0.05, 0.1) is 24.9 Å². The highest BCUT2D eigenvalue weighted by Crippen LogP contribution is 2.47. The molecule has 194 valence electrons. The van der Waals surface area contributed by atoms with Crippen LogP contribution in [-0.2, 0) is 0 Å². The molecule has 2 aliphatic heterocycles. The number of halogens is 2. The average molecular weight is 509 g/mol. The Morgan fingerprint density at radius 3 is 2.54 bits per heavy atom. The van der Waals surface area contributed by atoms with Gasteiger partial charge in [0.2, 0.25) is 5.88 Å². The maximum atomic E-state index is 15.8. The maximum Gasteiger partial charge on any atom is 0.250 e. The van der Waals surface area contributed by atoms with Crippen LogP contribution in [0, 0.1) is 5.82 Å². The summed E-state index contributed by atoms with van der Waals surface area (Å²) in [7, 11) is 1.35. The molecule has 2 saturated heterocycles. The normalized spacial score (nSPS) is 28.8. The number of alkyl halides is 1. The van der Waals surface area contributed by atoms with Crippen molar-refractivity contribution in [3.05, 3.63) is 42.5 Å². The number of pyridine rings is 1. The zero-order valence-corrected chi connectivity index (χ0v) is 21.1. The number of aromatic hydroxyl groups is 1. The van der Waals surface area contributed by atoms with Crippen LogP contribution in [0.3, 0.4) is 0 Å². The molecule has 1 saturated carbocycles. The summed E-state index contributed by atoms with van der Waals surface area (Å²) in [6.45, 7) is 4.16. The van der Waals surface area contributed by atoms with Gasteiger partial charge in [-0.15, -0.1) is 10.2 Å². The number of nitrogens with zero attached hydrogens (tertiary/aromatic N) is 5. The van der Waals surface area contributed by atoms with Gasteiger partial charge in [-0.25, -0.2) is 18.7 Å². The molecule has 8 nitrogen and oxygen atoms in total. The molecule has 0 spiro atoms. The number of ether oxygens (including phenoxy) is 1. The lowest BCUT2D eigenvalue weighted by molar-refractivity contribution is 0.0831. The molecule has 37 heavy (non-hydrogen) atoms. The number of methoxy groups -OCH3 is 1. The van der Waals surface area contributed by atoms with E-state index in [0.29, 0.717) is 28.9 Å². The molecule has 2 bridgehead atoms. The number of anilines is 1. The van der Waals surface area contributed by atoms with Crippen molar-refractivity contribution in [1.29, 1.82) is 0 Å². The van der Waals surface area contributed by atoms with Gasteiger partial charge in [0.15, 0.2) is 17.5 Å². The summed E-state index contributed by atoms with van der Waals surface area (Å²) in [6.07, 6.45) is 6.53. The molecule has 0 amide bonds. The van der Waals surface area contributed by atoms with E-state index in [1.807, 2.05) is 6.92 Å². The molecule has 3 aliphatic rings. The predicted octanol–water partition coefficient (Wildman–Crippen LogP) is 4.43. The predicted molar refractivity (Wildman–Crippen MR) is 135 cm³/mol. The minimum absolute atomic E-state index is 0.0677. The Hall–Kier alpha value is -3.40. The number of rotatable bonds is 6. The average Bonchev–Trinajstić information content (AvgIpc) is 3.67. The Labute approximate surface area is 214 Å². The minimum atomic E-state index is -1.03. The van der Waals surface area contributed by atoms with Gasteiger partial charge in [-0.1, -0.05) is 6.07 Å². The van der Waals surface area contributed by atoms with Crippen LogP contribution < -0.4 is 15.0 Å². The topological polar surface area (TPSA) is 96.3 Å². The molecule has 4 atom stereocenters. The third kappa shape index (κ3) is 4.17. The summed E-state index contributed by atoms with van der Waals surface area (Å²) in [6, 6.07) is 6.13. The van der Waals surface area contributed by atoms with Crippen LogP contribution >= 0.6 is 0 Å². The number of hydrogen-bond acceptors (Lipinski definition) is 8. The van der Waals surface area contributed by atoms with Crippen molar-refractivity contribution < 1.29 is 18.6 Å². The van der Waals surface area contributed by atoms with Gasteiger partial charge < -0.3 is 20.1 Å². The van der Waals surface area contributed by atoms with Crippen LogP contribution in [0.2, 0.25) is 0 Å². The molecule has 4 heterocycles. The highest BCUT2D eigenvalue weighted by atomic mass is 19.1. The fourth-order valence-electron chi connectivity index (χ4n) is 6.06. The Morgan fingerprint density at radius 2 is 1.89 bits per heavy atom. The SMILES string of the molecule is COc1ncc(-c2ccc(-c3ncc(N(C4CC4)[C@H]4C[C@]5(C)CC[C@@](C)(N5)[C@H]4F)nn3)c(O)c2)cc1F. The largest absolute Gasteiger partial charge is 0.507 e. The summed E-state index contributed by atoms with van der Waals surface area (Å²) in [5.74, 6) is 0.0601. The zero-order chi connectivity index (χ0) is 25.9. The first-order valence-electron chi connectivity index (χ1n) is 12.6. The van der Waals surface area contributed by atoms with E-state index in [1.54, 1.807) is 18.3 Å². The van der Waals surface area contributed by atoms with E-state index in [1.165, 1.54) is 25.4 Å². The molecule has 2 N–H and O–H groups in total. The van der Waals surface area contributed by atoms with Crippen molar-refractivity contribution in [2.45, 2.75) is 75.3 Å². The minimum Gasteiger partial charge on any atom is -0.507 e. The number of piperidine rings is 1. The third-order valence-corrected chi connectivity index (χ3v) is 8.07. The first-order valence-corrected chi connectivity index (χ1v) is 12.6. The summed E-state index contributed by atoms with van der Waals surface area (Å²) in [4.78, 5) is 10.5. The lowest BCUT2D eigenvalue weighted by atomic mass is 9.82. The van der Waals surface area contributed by atoms with Crippen LogP contribution in [0.15, 0.2) is 36.7 Å². The number of fused-ring (bicyclic) bond motifs is 2. The number of phenolic OH excluding ortho intramolecular Hbond substituents is 1. The van der Waals surface area contributed by atoms with Crippen molar-refractivity contribution in [1.82, 2.24) is 25.5 Å². The molecular formula is C27H30F2N6O2. The summed E-state index contributed by atoms with van der Waals surface area (Å²) in [5.41, 5.74) is 0.837. The molecule has 0 unspecified atom stereocenters. The van der Waals surface area contributed by atoms with E-state index >= 15 is 4.39 Å². The molecular weight excluding hydrogens is 478 g/mol. The lowest BCUT2D eigenvalue weighted by Gasteiger charge is -2.48. The second-order valence-electron chi connectivity index (χ2n) is 11.0. The van der Waals surface area contributed by atoms with E-state index in [-0.39, 0.29) is 35.1 Å². The Kier molecular flexibility index (Phi) is 5.56. The second kappa shape index (κ2) is 8.58. The molecule has 10 heteroatoms. The van der Waals surface area contributed by atoms with Crippen molar-refractivity contribution in [3.8, 4) is 34.1 Å². The highest BCUT2D eigenvalue weighted by Gasteiger charge is 2.58. The van der Waals surface area contributed by atoms with E-state index in [9.17, 15) is 9.50 Å². The number of benzene rings is 1. The highest BCUT2D eigenvalue weighted by molar-refractivity contribution is 5.72. The van der Waals surface area contributed by atoms with E-state index in [4.69, 9.17) is 4.74 Å². The molecule has 1 aliphatic carbocycles. The van der Waals surface area contributed by atoms with Gasteiger partial charge >= 0.3 is 0 Å². The van der Waals surface area contributed by atoms with Crippen LogP contribution in [0.1, 0.15) is 46.0 Å².